The van der Waals surface area contributed by atoms with Gasteiger partial charge >= 0.3 is 0 Å². The smallest absolute Gasteiger partial charge is 0.283 e. The van der Waals surface area contributed by atoms with Crippen molar-refractivity contribution < 1.29 is 13.9 Å². The predicted octanol–water partition coefficient (Wildman–Crippen LogP) is 1.79. The van der Waals surface area contributed by atoms with Crippen molar-refractivity contribution >= 4 is 6.02 Å². The Morgan fingerprint density at radius 3 is 2.79 bits per heavy atom. The fraction of sp³-hybridized carbons (Fsp3) is 0.500. The Morgan fingerprint density at radius 1 is 1.32 bits per heavy atom. The van der Waals surface area contributed by atoms with Gasteiger partial charge in [-0.1, -0.05) is 18.2 Å². The topological polar surface area (TPSA) is 56.8 Å². The van der Waals surface area contributed by atoms with Crippen LogP contribution in [-0.4, -0.2) is 24.8 Å². The molecule has 2 aliphatic rings. The van der Waals surface area contributed by atoms with Crippen LogP contribution in [-0.2, 0) is 15.0 Å². The summed E-state index contributed by atoms with van der Waals surface area (Å²) in [5.41, 5.74) is 5.51. The SMILES string of the molecule is CC1OCC2(c3ccccc3F)N=C(N)O[C@H](C)C12. The highest BCUT2D eigenvalue weighted by Crippen LogP contribution is 2.47. The van der Waals surface area contributed by atoms with Crippen LogP contribution in [0.2, 0.25) is 0 Å². The molecule has 0 radical (unpaired) electrons. The second kappa shape index (κ2) is 4.20. The van der Waals surface area contributed by atoms with Gasteiger partial charge < -0.3 is 15.2 Å². The third-order valence-corrected chi connectivity index (χ3v) is 4.09. The highest BCUT2D eigenvalue weighted by Gasteiger charge is 2.56. The van der Waals surface area contributed by atoms with Crippen LogP contribution in [0.15, 0.2) is 29.3 Å². The van der Waals surface area contributed by atoms with E-state index in [0.29, 0.717) is 12.2 Å². The van der Waals surface area contributed by atoms with Crippen molar-refractivity contribution in [3.8, 4) is 0 Å². The van der Waals surface area contributed by atoms with Gasteiger partial charge in [-0.25, -0.2) is 9.38 Å². The van der Waals surface area contributed by atoms with E-state index < -0.39 is 5.54 Å². The van der Waals surface area contributed by atoms with Gasteiger partial charge in [0.2, 0.25) is 0 Å². The first-order valence-electron chi connectivity index (χ1n) is 6.43. The van der Waals surface area contributed by atoms with E-state index in [2.05, 4.69) is 4.99 Å². The summed E-state index contributed by atoms with van der Waals surface area (Å²) >= 11 is 0. The van der Waals surface area contributed by atoms with Crippen molar-refractivity contribution in [2.75, 3.05) is 6.61 Å². The van der Waals surface area contributed by atoms with Crippen molar-refractivity contribution in [1.82, 2.24) is 0 Å². The second-order valence-corrected chi connectivity index (χ2v) is 5.22. The van der Waals surface area contributed by atoms with Gasteiger partial charge in [-0.15, -0.1) is 0 Å². The Kier molecular flexibility index (Phi) is 2.74. The minimum Gasteiger partial charge on any atom is -0.462 e. The van der Waals surface area contributed by atoms with Gasteiger partial charge in [-0.3, -0.25) is 0 Å². The minimum atomic E-state index is -0.771. The van der Waals surface area contributed by atoms with Gasteiger partial charge in [0.05, 0.1) is 18.6 Å². The summed E-state index contributed by atoms with van der Waals surface area (Å²) < 4.78 is 25.4. The van der Waals surface area contributed by atoms with Gasteiger partial charge in [-0.05, 0) is 19.9 Å². The van der Waals surface area contributed by atoms with Crippen molar-refractivity contribution in [2.24, 2.45) is 16.6 Å². The lowest BCUT2D eigenvalue weighted by Crippen LogP contribution is -2.49. The lowest BCUT2D eigenvalue weighted by Gasteiger charge is -2.39. The zero-order valence-corrected chi connectivity index (χ0v) is 11.0. The molecule has 0 aromatic heterocycles. The van der Waals surface area contributed by atoms with Crippen LogP contribution in [0.3, 0.4) is 0 Å². The van der Waals surface area contributed by atoms with Gasteiger partial charge in [0, 0.05) is 5.56 Å². The Morgan fingerprint density at radius 2 is 2.05 bits per heavy atom. The molecule has 0 aliphatic carbocycles. The first-order valence-corrected chi connectivity index (χ1v) is 6.43. The molecule has 4 atom stereocenters. The number of rotatable bonds is 1. The number of halogens is 1. The molecule has 4 nitrogen and oxygen atoms in total. The summed E-state index contributed by atoms with van der Waals surface area (Å²) in [7, 11) is 0. The molecule has 19 heavy (non-hydrogen) atoms. The largest absolute Gasteiger partial charge is 0.462 e. The second-order valence-electron chi connectivity index (χ2n) is 5.22. The maximum atomic E-state index is 14.2. The fourth-order valence-corrected chi connectivity index (χ4v) is 3.34. The molecule has 0 spiro atoms. The number of hydrogen-bond acceptors (Lipinski definition) is 4. The van der Waals surface area contributed by atoms with Crippen LogP contribution < -0.4 is 5.73 Å². The maximum Gasteiger partial charge on any atom is 0.283 e. The Labute approximate surface area is 111 Å². The van der Waals surface area contributed by atoms with Crippen molar-refractivity contribution in [1.29, 1.82) is 0 Å². The number of nitrogens with two attached hydrogens (primary N) is 1. The van der Waals surface area contributed by atoms with Crippen LogP contribution in [0.1, 0.15) is 19.4 Å². The van der Waals surface area contributed by atoms with Gasteiger partial charge in [0.1, 0.15) is 17.5 Å². The average molecular weight is 264 g/mol. The van der Waals surface area contributed by atoms with Crippen LogP contribution in [0, 0.1) is 11.7 Å². The van der Waals surface area contributed by atoms with E-state index in [1.54, 1.807) is 18.2 Å². The highest BCUT2D eigenvalue weighted by atomic mass is 19.1. The maximum absolute atomic E-state index is 14.2. The van der Waals surface area contributed by atoms with E-state index in [4.69, 9.17) is 15.2 Å². The standard InChI is InChI=1S/C14H17FN2O2/c1-8-12-9(2)19-13(16)17-14(12,7-18-8)10-5-3-4-6-11(10)15/h3-6,8-9,12H,7H2,1-2H3,(H2,16,17)/t8?,9-,12?,14?/m1/s1. The van der Waals surface area contributed by atoms with Crippen molar-refractivity contribution in [2.45, 2.75) is 31.6 Å². The zero-order chi connectivity index (χ0) is 13.6. The highest BCUT2D eigenvalue weighted by molar-refractivity contribution is 5.73. The lowest BCUT2D eigenvalue weighted by atomic mass is 9.75. The van der Waals surface area contributed by atoms with Crippen LogP contribution in [0.4, 0.5) is 4.39 Å². The summed E-state index contributed by atoms with van der Waals surface area (Å²) in [5.74, 6) is -0.326. The first kappa shape index (κ1) is 12.4. The molecular formula is C14H17FN2O2. The Balaban J connectivity index is 2.19. The summed E-state index contributed by atoms with van der Waals surface area (Å²) in [4.78, 5) is 4.41. The van der Waals surface area contributed by atoms with Gasteiger partial charge in [-0.2, -0.15) is 0 Å². The summed E-state index contributed by atoms with van der Waals surface area (Å²) in [6.45, 7) is 4.21. The molecule has 2 N–H and O–H groups in total. The van der Waals surface area contributed by atoms with Crippen molar-refractivity contribution in [3.05, 3.63) is 35.6 Å². The fourth-order valence-electron chi connectivity index (χ4n) is 3.34. The molecule has 1 aromatic carbocycles. The number of hydrogen-bond donors (Lipinski definition) is 1. The number of fused-ring (bicyclic) bond motifs is 1. The molecule has 0 saturated carbocycles. The molecule has 0 amide bonds. The molecule has 5 heteroatoms. The van der Waals surface area contributed by atoms with Gasteiger partial charge in [0.15, 0.2) is 0 Å². The molecule has 2 heterocycles. The monoisotopic (exact) mass is 264 g/mol. The molecule has 1 fully saturated rings. The molecule has 2 aliphatic heterocycles. The third-order valence-electron chi connectivity index (χ3n) is 4.09. The Hall–Kier alpha value is -1.62. The number of benzene rings is 1. The van der Waals surface area contributed by atoms with E-state index in [9.17, 15) is 4.39 Å². The van der Waals surface area contributed by atoms with Gasteiger partial charge in [0.25, 0.3) is 6.02 Å². The van der Waals surface area contributed by atoms with Crippen LogP contribution in [0.25, 0.3) is 0 Å². The van der Waals surface area contributed by atoms with E-state index in [1.807, 2.05) is 13.8 Å². The Bertz CT molecular complexity index is 534. The lowest BCUT2D eigenvalue weighted by molar-refractivity contribution is 0.0417. The van der Waals surface area contributed by atoms with Crippen LogP contribution in [0.5, 0.6) is 0 Å². The minimum absolute atomic E-state index is 0.0447. The number of aliphatic imine (C=N–C) groups is 1. The number of nitrogens with zero attached hydrogens (tertiary/aromatic N) is 1. The molecule has 1 aromatic rings. The van der Waals surface area contributed by atoms with E-state index in [0.717, 1.165) is 0 Å². The summed E-state index contributed by atoms with van der Waals surface area (Å²) in [6.07, 6.45) is -0.207. The molecule has 0 bridgehead atoms. The van der Waals surface area contributed by atoms with E-state index in [-0.39, 0.29) is 30.0 Å². The van der Waals surface area contributed by atoms with E-state index in [1.165, 1.54) is 6.07 Å². The number of amidine groups is 1. The van der Waals surface area contributed by atoms with Crippen LogP contribution >= 0.6 is 0 Å². The molecule has 1 saturated heterocycles. The summed E-state index contributed by atoms with van der Waals surface area (Å²) in [5, 5.41) is 0. The average Bonchev–Trinajstić information content (AvgIpc) is 2.68. The zero-order valence-electron chi connectivity index (χ0n) is 11.0. The molecular weight excluding hydrogens is 247 g/mol. The third kappa shape index (κ3) is 1.72. The van der Waals surface area contributed by atoms with Crippen molar-refractivity contribution in [3.63, 3.8) is 0 Å². The molecule has 3 unspecified atom stereocenters. The molecule has 3 rings (SSSR count). The summed E-state index contributed by atoms with van der Waals surface area (Å²) in [6, 6.07) is 6.76. The quantitative estimate of drug-likeness (QED) is 0.841. The normalized spacial score (nSPS) is 37.4. The van der Waals surface area contributed by atoms with E-state index >= 15 is 0 Å². The predicted molar refractivity (Wildman–Crippen MR) is 69.2 cm³/mol. The number of ether oxygens (including phenoxy) is 2. The molecule has 102 valence electrons. The first-order chi connectivity index (χ1) is 9.04.